The fourth-order valence-corrected chi connectivity index (χ4v) is 4.78. The van der Waals surface area contributed by atoms with Crippen molar-refractivity contribution in [2.24, 2.45) is 0 Å². The Hall–Kier alpha value is -3.42. The number of carbonyl (C=O) groups is 1. The predicted octanol–water partition coefficient (Wildman–Crippen LogP) is 4.43. The molecule has 0 spiro atoms. The van der Waals surface area contributed by atoms with E-state index in [1.54, 1.807) is 24.3 Å². The van der Waals surface area contributed by atoms with Gasteiger partial charge in [-0.15, -0.1) is 0 Å². The van der Waals surface area contributed by atoms with E-state index in [1.165, 1.54) is 18.4 Å². The Morgan fingerprint density at radius 2 is 1.58 bits per heavy atom. The lowest BCUT2D eigenvalue weighted by atomic mass is 10.1. The van der Waals surface area contributed by atoms with Gasteiger partial charge in [0.25, 0.3) is 5.91 Å². The minimum Gasteiger partial charge on any atom is -0.344 e. The molecule has 0 aliphatic carbocycles. The molecular weight excluding hydrogens is 434 g/mol. The second kappa shape index (κ2) is 9.21. The largest absolute Gasteiger partial charge is 0.344 e. The van der Waals surface area contributed by atoms with Gasteiger partial charge in [-0.2, -0.15) is 0 Å². The maximum Gasteiger partial charge on any atom is 0.268 e. The number of fused-ring (bicyclic) bond motifs is 1. The molecule has 4 aromatic rings. The molecule has 0 fully saturated rings. The highest BCUT2D eigenvalue weighted by atomic mass is 32.2. The Kier molecular flexibility index (Phi) is 6.35. The van der Waals surface area contributed by atoms with Crippen molar-refractivity contribution in [3.63, 3.8) is 0 Å². The van der Waals surface area contributed by atoms with Gasteiger partial charge < -0.3 is 9.88 Å². The smallest absolute Gasteiger partial charge is 0.268 e. The van der Waals surface area contributed by atoms with Gasteiger partial charge in [0, 0.05) is 31.5 Å². The Labute approximate surface area is 194 Å². The summed E-state index contributed by atoms with van der Waals surface area (Å²) in [5.41, 5.74) is 3.34. The number of rotatable bonds is 7. The molecule has 0 radical (unpaired) electrons. The van der Waals surface area contributed by atoms with E-state index in [-0.39, 0.29) is 16.8 Å². The van der Waals surface area contributed by atoms with Crippen molar-refractivity contribution in [2.45, 2.75) is 24.4 Å². The third-order valence-electron chi connectivity index (χ3n) is 5.71. The first kappa shape index (κ1) is 22.8. The molecule has 0 unspecified atom stereocenters. The molecule has 0 saturated carbocycles. The Balaban J connectivity index is 1.77. The summed E-state index contributed by atoms with van der Waals surface area (Å²) in [6, 6.07) is 26.2. The number of hydrogen-bond donors (Lipinski definition) is 1. The molecule has 0 saturated heterocycles. The van der Waals surface area contributed by atoms with Crippen LogP contribution in [-0.4, -0.2) is 37.3 Å². The van der Waals surface area contributed by atoms with Gasteiger partial charge in [-0.1, -0.05) is 60.7 Å². The van der Waals surface area contributed by atoms with Crippen molar-refractivity contribution < 1.29 is 13.2 Å². The van der Waals surface area contributed by atoms with Crippen molar-refractivity contribution in [2.75, 3.05) is 14.1 Å². The summed E-state index contributed by atoms with van der Waals surface area (Å²) in [7, 11) is -0.575. The number of sulfonamides is 1. The molecule has 0 aliphatic heterocycles. The molecular formula is C26H27N3O3S. The van der Waals surface area contributed by atoms with Crippen LogP contribution in [0.15, 0.2) is 89.8 Å². The van der Waals surface area contributed by atoms with Gasteiger partial charge >= 0.3 is 0 Å². The zero-order chi connectivity index (χ0) is 23.6. The van der Waals surface area contributed by atoms with E-state index in [2.05, 4.69) is 5.32 Å². The highest BCUT2D eigenvalue weighted by molar-refractivity contribution is 7.89. The van der Waals surface area contributed by atoms with E-state index < -0.39 is 10.0 Å². The molecule has 1 amide bonds. The zero-order valence-corrected chi connectivity index (χ0v) is 19.7. The van der Waals surface area contributed by atoms with Crippen LogP contribution in [0.2, 0.25) is 0 Å². The van der Waals surface area contributed by atoms with E-state index in [0.717, 1.165) is 16.6 Å². The number of carbonyl (C=O) groups excluding carboxylic acids is 1. The zero-order valence-electron chi connectivity index (χ0n) is 18.9. The Morgan fingerprint density at radius 3 is 2.21 bits per heavy atom. The van der Waals surface area contributed by atoms with Crippen molar-refractivity contribution in [3.05, 3.63) is 102 Å². The Morgan fingerprint density at radius 1 is 0.939 bits per heavy atom. The molecule has 4 rings (SSSR count). The maximum atomic E-state index is 13.3. The lowest BCUT2D eigenvalue weighted by molar-refractivity contribution is 0.0931. The van der Waals surface area contributed by atoms with Gasteiger partial charge in [0.2, 0.25) is 10.0 Å². The molecule has 0 bridgehead atoms. The van der Waals surface area contributed by atoms with Crippen LogP contribution in [0, 0.1) is 0 Å². The fourth-order valence-electron chi connectivity index (χ4n) is 3.84. The minimum absolute atomic E-state index is 0.174. The average Bonchev–Trinajstić information content (AvgIpc) is 3.18. The van der Waals surface area contributed by atoms with Crippen LogP contribution in [0.5, 0.6) is 0 Å². The second-order valence-electron chi connectivity index (χ2n) is 8.22. The average molecular weight is 462 g/mol. The van der Waals surface area contributed by atoms with Gasteiger partial charge in [-0.3, -0.25) is 4.79 Å². The van der Waals surface area contributed by atoms with Crippen LogP contribution < -0.4 is 5.32 Å². The quantitative estimate of drug-likeness (QED) is 0.443. The monoisotopic (exact) mass is 461 g/mol. The highest BCUT2D eigenvalue weighted by Gasteiger charge is 2.22. The van der Waals surface area contributed by atoms with Crippen LogP contribution in [-0.2, 0) is 16.6 Å². The van der Waals surface area contributed by atoms with Crippen molar-refractivity contribution in [3.8, 4) is 0 Å². The number of nitrogens with one attached hydrogen (secondary N) is 1. The second-order valence-corrected chi connectivity index (χ2v) is 10.4. The first-order valence-electron chi connectivity index (χ1n) is 10.7. The van der Waals surface area contributed by atoms with Crippen LogP contribution in [0.1, 0.15) is 34.6 Å². The van der Waals surface area contributed by atoms with E-state index >= 15 is 0 Å². The SMILES string of the molecule is C[C@@H](NC(=O)c1cc2cc(S(=O)(=O)N(C)C)ccc2n1Cc1ccccc1)c1ccccc1. The molecule has 7 heteroatoms. The number of aromatic nitrogens is 1. The predicted molar refractivity (Wildman–Crippen MR) is 131 cm³/mol. The van der Waals surface area contributed by atoms with E-state index in [1.807, 2.05) is 72.2 Å². The molecule has 33 heavy (non-hydrogen) atoms. The molecule has 3 aromatic carbocycles. The normalized spacial score (nSPS) is 12.7. The molecule has 170 valence electrons. The molecule has 6 nitrogen and oxygen atoms in total. The number of hydrogen-bond acceptors (Lipinski definition) is 3. The first-order valence-corrected chi connectivity index (χ1v) is 12.2. The highest BCUT2D eigenvalue weighted by Crippen LogP contribution is 2.26. The summed E-state index contributed by atoms with van der Waals surface area (Å²) in [6.07, 6.45) is 0. The first-order chi connectivity index (χ1) is 15.8. The van der Waals surface area contributed by atoms with Crippen LogP contribution in [0.25, 0.3) is 10.9 Å². The molecule has 1 heterocycles. The fraction of sp³-hybridized carbons (Fsp3) is 0.192. The number of amides is 1. The summed E-state index contributed by atoms with van der Waals surface area (Å²) in [6.45, 7) is 2.44. The summed E-state index contributed by atoms with van der Waals surface area (Å²) < 4.78 is 28.4. The van der Waals surface area contributed by atoms with Gasteiger partial charge in [0.15, 0.2) is 0 Å². The summed E-state index contributed by atoms with van der Waals surface area (Å²) in [5, 5.41) is 3.78. The number of nitrogens with zero attached hydrogens (tertiary/aromatic N) is 2. The molecule has 1 aromatic heterocycles. The van der Waals surface area contributed by atoms with E-state index in [0.29, 0.717) is 17.6 Å². The van der Waals surface area contributed by atoms with E-state index in [9.17, 15) is 13.2 Å². The number of benzene rings is 3. The van der Waals surface area contributed by atoms with E-state index in [4.69, 9.17) is 0 Å². The van der Waals surface area contributed by atoms with Crippen LogP contribution in [0.4, 0.5) is 0 Å². The lowest BCUT2D eigenvalue weighted by Gasteiger charge is -2.16. The third kappa shape index (κ3) is 4.69. The van der Waals surface area contributed by atoms with Gasteiger partial charge in [-0.05, 0) is 42.3 Å². The summed E-state index contributed by atoms with van der Waals surface area (Å²) in [5.74, 6) is -0.212. The molecule has 0 aliphatic rings. The third-order valence-corrected chi connectivity index (χ3v) is 7.53. The molecule has 1 atom stereocenters. The van der Waals surface area contributed by atoms with Crippen molar-refractivity contribution in [1.82, 2.24) is 14.2 Å². The molecule has 1 N–H and O–H groups in total. The Bertz CT molecular complexity index is 1380. The topological polar surface area (TPSA) is 71.4 Å². The summed E-state index contributed by atoms with van der Waals surface area (Å²) in [4.78, 5) is 13.5. The minimum atomic E-state index is -3.58. The van der Waals surface area contributed by atoms with Crippen molar-refractivity contribution in [1.29, 1.82) is 0 Å². The lowest BCUT2D eigenvalue weighted by Crippen LogP contribution is -2.28. The van der Waals surface area contributed by atoms with Gasteiger partial charge in [0.1, 0.15) is 5.69 Å². The van der Waals surface area contributed by atoms with Crippen molar-refractivity contribution >= 4 is 26.8 Å². The summed E-state index contributed by atoms with van der Waals surface area (Å²) >= 11 is 0. The van der Waals surface area contributed by atoms with Crippen LogP contribution in [0.3, 0.4) is 0 Å². The standard InChI is InChI=1S/C26H27N3O3S/c1-19(21-12-8-5-9-13-21)27-26(30)25-17-22-16-23(33(31,32)28(2)3)14-15-24(22)29(25)18-20-10-6-4-7-11-20/h4-17,19H,18H2,1-3H3,(H,27,30)/t19-/m1/s1. The van der Waals surface area contributed by atoms with Gasteiger partial charge in [-0.25, -0.2) is 12.7 Å². The van der Waals surface area contributed by atoms with Crippen LogP contribution >= 0.6 is 0 Å². The van der Waals surface area contributed by atoms with Gasteiger partial charge in [0.05, 0.1) is 10.9 Å². The maximum absolute atomic E-state index is 13.3.